The fourth-order valence-electron chi connectivity index (χ4n) is 4.12. The van der Waals surface area contributed by atoms with E-state index < -0.39 is 0 Å². The molecule has 0 amide bonds. The second-order valence-electron chi connectivity index (χ2n) is 6.78. The summed E-state index contributed by atoms with van der Waals surface area (Å²) in [6.45, 7) is 8.25. The fourth-order valence-corrected chi connectivity index (χ4v) is 5.50. The highest BCUT2D eigenvalue weighted by atomic mass is 32.2. The standard InChI is InChI=1S/C16H30N2OS/c1-2-18(12-14-4-3-7-17-11-14)15-5-8-19-16(10-15)6-9-20-13-16/h14-15,17H,2-13H2,1H3. The Balaban J connectivity index is 1.57. The second kappa shape index (κ2) is 6.99. The van der Waals surface area contributed by atoms with E-state index in [0.717, 1.165) is 18.6 Å². The maximum atomic E-state index is 6.18. The maximum Gasteiger partial charge on any atom is 0.0795 e. The number of nitrogens with zero attached hydrogens (tertiary/aromatic N) is 1. The number of nitrogens with one attached hydrogen (secondary N) is 1. The summed E-state index contributed by atoms with van der Waals surface area (Å²) in [5.41, 5.74) is 0.228. The first-order valence-electron chi connectivity index (χ1n) is 8.48. The van der Waals surface area contributed by atoms with E-state index in [1.807, 2.05) is 0 Å². The normalized spacial score (nSPS) is 38.7. The lowest BCUT2D eigenvalue weighted by atomic mass is 9.88. The Morgan fingerprint density at radius 3 is 3.05 bits per heavy atom. The van der Waals surface area contributed by atoms with Gasteiger partial charge in [0.2, 0.25) is 0 Å². The molecule has 0 aromatic carbocycles. The van der Waals surface area contributed by atoms with Crippen molar-refractivity contribution >= 4 is 11.8 Å². The lowest BCUT2D eigenvalue weighted by molar-refractivity contribution is -0.0907. The van der Waals surface area contributed by atoms with E-state index in [0.29, 0.717) is 0 Å². The van der Waals surface area contributed by atoms with Gasteiger partial charge in [0.1, 0.15) is 0 Å². The van der Waals surface area contributed by atoms with Gasteiger partial charge in [-0.15, -0.1) is 0 Å². The Bertz CT molecular complexity index is 301. The molecule has 0 aliphatic carbocycles. The minimum atomic E-state index is 0.228. The molecule has 3 aliphatic rings. The summed E-state index contributed by atoms with van der Waals surface area (Å²) in [4.78, 5) is 2.75. The molecule has 3 atom stereocenters. The summed E-state index contributed by atoms with van der Waals surface area (Å²) in [5, 5.41) is 3.56. The lowest BCUT2D eigenvalue weighted by Gasteiger charge is -2.43. The predicted octanol–water partition coefficient (Wildman–Crippen LogP) is 2.36. The van der Waals surface area contributed by atoms with Crippen LogP contribution >= 0.6 is 11.8 Å². The van der Waals surface area contributed by atoms with Crippen LogP contribution in [0.3, 0.4) is 0 Å². The summed E-state index contributed by atoms with van der Waals surface area (Å²) >= 11 is 2.08. The van der Waals surface area contributed by atoms with Gasteiger partial charge in [-0.3, -0.25) is 0 Å². The van der Waals surface area contributed by atoms with E-state index in [-0.39, 0.29) is 5.60 Å². The highest BCUT2D eigenvalue weighted by Gasteiger charge is 2.41. The van der Waals surface area contributed by atoms with Gasteiger partial charge in [-0.1, -0.05) is 6.92 Å². The molecule has 3 fully saturated rings. The summed E-state index contributed by atoms with van der Waals surface area (Å²) in [5.74, 6) is 3.39. The largest absolute Gasteiger partial charge is 0.374 e. The average molecular weight is 298 g/mol. The van der Waals surface area contributed by atoms with E-state index in [2.05, 4.69) is 28.9 Å². The lowest BCUT2D eigenvalue weighted by Crippen LogP contribution is -2.51. The van der Waals surface area contributed by atoms with Crippen molar-refractivity contribution in [1.82, 2.24) is 10.2 Å². The van der Waals surface area contributed by atoms with E-state index in [1.165, 1.54) is 69.8 Å². The van der Waals surface area contributed by atoms with E-state index in [4.69, 9.17) is 4.74 Å². The summed E-state index contributed by atoms with van der Waals surface area (Å²) in [6.07, 6.45) is 6.55. The highest BCUT2D eigenvalue weighted by Crippen LogP contribution is 2.39. The van der Waals surface area contributed by atoms with Crippen molar-refractivity contribution in [1.29, 1.82) is 0 Å². The molecule has 1 spiro atoms. The third-order valence-electron chi connectivity index (χ3n) is 5.35. The molecule has 3 heterocycles. The Hall–Kier alpha value is 0.230. The molecule has 0 bridgehead atoms. The predicted molar refractivity (Wildman–Crippen MR) is 86.5 cm³/mol. The molecule has 0 saturated carbocycles. The van der Waals surface area contributed by atoms with Crippen molar-refractivity contribution in [3.63, 3.8) is 0 Å². The van der Waals surface area contributed by atoms with Gasteiger partial charge in [0.25, 0.3) is 0 Å². The van der Waals surface area contributed by atoms with Gasteiger partial charge >= 0.3 is 0 Å². The summed E-state index contributed by atoms with van der Waals surface area (Å²) in [6, 6.07) is 0.759. The SMILES string of the molecule is CCN(CC1CCCNC1)C1CCOC2(CCSC2)C1. The zero-order valence-electron chi connectivity index (χ0n) is 12.9. The Morgan fingerprint density at radius 2 is 2.35 bits per heavy atom. The minimum Gasteiger partial charge on any atom is -0.374 e. The molecule has 0 aromatic heterocycles. The maximum absolute atomic E-state index is 6.18. The molecule has 3 unspecified atom stereocenters. The first kappa shape index (κ1) is 15.1. The van der Waals surface area contributed by atoms with Crippen molar-refractivity contribution in [2.75, 3.05) is 44.3 Å². The molecule has 3 rings (SSSR count). The Morgan fingerprint density at radius 1 is 1.40 bits per heavy atom. The number of piperidine rings is 1. The zero-order valence-corrected chi connectivity index (χ0v) is 13.7. The van der Waals surface area contributed by atoms with Gasteiger partial charge in [0, 0.05) is 24.9 Å². The van der Waals surface area contributed by atoms with Crippen LogP contribution in [-0.2, 0) is 4.74 Å². The number of ether oxygens (including phenoxy) is 1. The summed E-state index contributed by atoms with van der Waals surface area (Å²) < 4.78 is 6.18. The summed E-state index contributed by atoms with van der Waals surface area (Å²) in [7, 11) is 0. The molecule has 4 heteroatoms. The van der Waals surface area contributed by atoms with Gasteiger partial charge in [-0.25, -0.2) is 0 Å². The van der Waals surface area contributed by atoms with Gasteiger partial charge in [-0.2, -0.15) is 11.8 Å². The van der Waals surface area contributed by atoms with Crippen LogP contribution in [0.4, 0.5) is 0 Å². The van der Waals surface area contributed by atoms with Crippen LogP contribution in [0, 0.1) is 5.92 Å². The molecular formula is C16H30N2OS. The first-order valence-corrected chi connectivity index (χ1v) is 9.63. The third kappa shape index (κ3) is 3.52. The topological polar surface area (TPSA) is 24.5 Å². The van der Waals surface area contributed by atoms with E-state index in [1.54, 1.807) is 0 Å². The minimum absolute atomic E-state index is 0.228. The molecule has 0 radical (unpaired) electrons. The molecule has 3 nitrogen and oxygen atoms in total. The molecule has 3 saturated heterocycles. The fraction of sp³-hybridized carbons (Fsp3) is 1.00. The Kier molecular flexibility index (Phi) is 5.29. The third-order valence-corrected chi connectivity index (χ3v) is 6.57. The smallest absolute Gasteiger partial charge is 0.0795 e. The molecule has 0 aromatic rings. The van der Waals surface area contributed by atoms with Crippen molar-refractivity contribution in [2.45, 2.75) is 50.7 Å². The van der Waals surface area contributed by atoms with Gasteiger partial charge in [-0.05, 0) is 63.4 Å². The quantitative estimate of drug-likeness (QED) is 0.861. The Labute approximate surface area is 128 Å². The van der Waals surface area contributed by atoms with E-state index in [9.17, 15) is 0 Å². The monoisotopic (exact) mass is 298 g/mol. The number of hydrogen-bond acceptors (Lipinski definition) is 4. The molecule has 116 valence electrons. The average Bonchev–Trinajstić information content (AvgIpc) is 2.93. The van der Waals surface area contributed by atoms with Crippen LogP contribution in [0.1, 0.15) is 39.0 Å². The van der Waals surface area contributed by atoms with Crippen molar-refractivity contribution in [3.05, 3.63) is 0 Å². The van der Waals surface area contributed by atoms with Crippen LogP contribution in [0.2, 0.25) is 0 Å². The van der Waals surface area contributed by atoms with Crippen LogP contribution < -0.4 is 5.32 Å². The number of hydrogen-bond donors (Lipinski definition) is 1. The van der Waals surface area contributed by atoms with Gasteiger partial charge < -0.3 is 15.0 Å². The first-order chi connectivity index (χ1) is 9.81. The molecule has 1 N–H and O–H groups in total. The molecular weight excluding hydrogens is 268 g/mol. The highest BCUT2D eigenvalue weighted by molar-refractivity contribution is 7.99. The van der Waals surface area contributed by atoms with Gasteiger partial charge in [0.05, 0.1) is 5.60 Å². The van der Waals surface area contributed by atoms with Crippen molar-refractivity contribution in [3.8, 4) is 0 Å². The number of rotatable bonds is 4. The van der Waals surface area contributed by atoms with Crippen LogP contribution in [0.25, 0.3) is 0 Å². The second-order valence-corrected chi connectivity index (χ2v) is 7.89. The van der Waals surface area contributed by atoms with Crippen molar-refractivity contribution in [2.24, 2.45) is 5.92 Å². The number of thioether (sulfide) groups is 1. The zero-order chi connectivity index (χ0) is 13.8. The van der Waals surface area contributed by atoms with Crippen LogP contribution in [-0.4, -0.2) is 60.8 Å². The van der Waals surface area contributed by atoms with Crippen LogP contribution in [0.5, 0.6) is 0 Å². The van der Waals surface area contributed by atoms with Crippen LogP contribution in [0.15, 0.2) is 0 Å². The van der Waals surface area contributed by atoms with Gasteiger partial charge in [0.15, 0.2) is 0 Å². The molecule has 20 heavy (non-hydrogen) atoms. The molecule has 3 aliphatic heterocycles. The van der Waals surface area contributed by atoms with Crippen molar-refractivity contribution < 1.29 is 4.74 Å². The van der Waals surface area contributed by atoms with E-state index >= 15 is 0 Å².